The number of carbonyl (C=O) groups excluding carboxylic acids is 2. The number of anilines is 1. The maximum Gasteiger partial charge on any atom is 0.283 e. The van der Waals surface area contributed by atoms with Crippen molar-refractivity contribution >= 4 is 56.5 Å². The third-order valence-corrected chi connectivity index (χ3v) is 7.38. The predicted molar refractivity (Wildman–Crippen MR) is 125 cm³/mol. The monoisotopic (exact) mass is 461 g/mol. The van der Waals surface area contributed by atoms with E-state index in [0.29, 0.717) is 5.69 Å². The fourth-order valence-corrected chi connectivity index (χ4v) is 5.74. The second-order valence-corrected chi connectivity index (χ2v) is 9.57. The minimum absolute atomic E-state index is 0.0444. The first-order valence-electron chi connectivity index (χ1n) is 9.67. The highest BCUT2D eigenvalue weighted by Gasteiger charge is 2.41. The lowest BCUT2D eigenvalue weighted by molar-refractivity contribution is -0.385. The number of benzene rings is 3. The summed E-state index contributed by atoms with van der Waals surface area (Å²) < 4.78 is 1.72. The van der Waals surface area contributed by atoms with E-state index in [9.17, 15) is 19.7 Å². The highest BCUT2D eigenvalue weighted by molar-refractivity contribution is 8.00. The third-order valence-electron chi connectivity index (χ3n) is 5.15. The quantitative estimate of drug-likeness (QED) is 0.166. The van der Waals surface area contributed by atoms with Crippen LogP contribution in [0.25, 0.3) is 10.2 Å². The largest absolute Gasteiger partial charge is 0.283 e. The van der Waals surface area contributed by atoms with E-state index in [0.717, 1.165) is 25.2 Å². The van der Waals surface area contributed by atoms with Crippen LogP contribution in [0.4, 0.5) is 11.4 Å². The molecule has 2 heterocycles. The molecule has 5 rings (SSSR count). The van der Waals surface area contributed by atoms with Crippen LogP contribution in [0.5, 0.6) is 0 Å². The Morgan fingerprint density at radius 1 is 1.06 bits per heavy atom. The molecule has 158 valence electrons. The van der Waals surface area contributed by atoms with Gasteiger partial charge in [-0.1, -0.05) is 47.7 Å². The molecule has 0 aliphatic carbocycles. The van der Waals surface area contributed by atoms with Crippen molar-refractivity contribution in [2.45, 2.75) is 17.0 Å². The van der Waals surface area contributed by atoms with Crippen molar-refractivity contribution in [1.82, 2.24) is 4.98 Å². The number of hydrogen-bond donors (Lipinski definition) is 0. The molecule has 0 N–H and O–H groups in total. The zero-order valence-electron chi connectivity index (χ0n) is 16.8. The first kappa shape index (κ1) is 20.3. The Labute approximate surface area is 190 Å². The maximum atomic E-state index is 12.9. The van der Waals surface area contributed by atoms with Gasteiger partial charge in [-0.2, -0.15) is 0 Å². The number of aryl methyl sites for hydroxylation is 1. The lowest BCUT2D eigenvalue weighted by atomic mass is 10.1. The predicted octanol–water partition coefficient (Wildman–Crippen LogP) is 5.61. The summed E-state index contributed by atoms with van der Waals surface area (Å²) in [6.07, 6.45) is 0. The minimum atomic E-state index is -0.685. The van der Waals surface area contributed by atoms with Crippen LogP contribution in [0.2, 0.25) is 0 Å². The number of thiazole rings is 1. The standard InChI is InChI=1S/C23H15N3O4S2/c1-13-4-2-5-14(10-13)12-31-23-24-17-9-8-15(11-19(17)32-23)25-21(27)16-6-3-7-18(26(29)30)20(16)22(25)28/h2-11H,12H2,1H3. The number of rotatable bonds is 5. The fraction of sp³-hybridized carbons (Fsp3) is 0.0870. The van der Waals surface area contributed by atoms with Gasteiger partial charge >= 0.3 is 0 Å². The summed E-state index contributed by atoms with van der Waals surface area (Å²) in [7, 11) is 0. The van der Waals surface area contributed by atoms with Gasteiger partial charge in [0.25, 0.3) is 17.5 Å². The highest BCUT2D eigenvalue weighted by Crippen LogP contribution is 2.37. The van der Waals surface area contributed by atoms with Gasteiger partial charge in [0, 0.05) is 11.8 Å². The van der Waals surface area contributed by atoms with Crippen molar-refractivity contribution in [3.8, 4) is 0 Å². The average Bonchev–Trinajstić information content (AvgIpc) is 3.30. The van der Waals surface area contributed by atoms with Crippen molar-refractivity contribution in [3.05, 3.63) is 93.0 Å². The minimum Gasteiger partial charge on any atom is -0.268 e. The van der Waals surface area contributed by atoms with Gasteiger partial charge in [-0.3, -0.25) is 19.7 Å². The molecule has 4 aromatic rings. The normalized spacial score (nSPS) is 13.1. The molecule has 3 aromatic carbocycles. The SMILES string of the molecule is Cc1cccc(CSc2nc3ccc(N4C(=O)c5cccc([N+](=O)[O-])c5C4=O)cc3s2)c1. The van der Waals surface area contributed by atoms with Gasteiger partial charge in [0.1, 0.15) is 5.56 Å². The van der Waals surface area contributed by atoms with Gasteiger partial charge in [-0.15, -0.1) is 11.3 Å². The molecule has 32 heavy (non-hydrogen) atoms. The summed E-state index contributed by atoms with van der Waals surface area (Å²) in [5.74, 6) is -0.460. The van der Waals surface area contributed by atoms with Crippen LogP contribution in [0, 0.1) is 17.0 Å². The molecule has 1 aromatic heterocycles. The van der Waals surface area contributed by atoms with Crippen LogP contribution < -0.4 is 4.90 Å². The topological polar surface area (TPSA) is 93.4 Å². The lowest BCUT2D eigenvalue weighted by Crippen LogP contribution is -2.29. The number of thioether (sulfide) groups is 1. The summed E-state index contributed by atoms with van der Waals surface area (Å²) in [5.41, 5.74) is 3.08. The average molecular weight is 462 g/mol. The van der Waals surface area contributed by atoms with Crippen molar-refractivity contribution in [2.24, 2.45) is 0 Å². The molecule has 0 fully saturated rings. The summed E-state index contributed by atoms with van der Waals surface area (Å²) in [4.78, 5) is 42.1. The number of hydrogen-bond acceptors (Lipinski definition) is 7. The first-order chi connectivity index (χ1) is 15.4. The molecule has 7 nitrogen and oxygen atoms in total. The number of nitrogens with zero attached hydrogens (tertiary/aromatic N) is 3. The fourth-order valence-electron chi connectivity index (χ4n) is 3.69. The Morgan fingerprint density at radius 3 is 2.66 bits per heavy atom. The number of nitro groups is 1. The van der Waals surface area contributed by atoms with E-state index in [1.165, 1.54) is 40.7 Å². The molecule has 9 heteroatoms. The Kier molecular flexibility index (Phi) is 4.99. The summed E-state index contributed by atoms with van der Waals surface area (Å²) >= 11 is 3.11. The van der Waals surface area contributed by atoms with E-state index in [1.54, 1.807) is 30.0 Å². The summed E-state index contributed by atoms with van der Waals surface area (Å²) in [5, 5.41) is 11.3. The Balaban J connectivity index is 1.44. The van der Waals surface area contributed by atoms with Crippen molar-refractivity contribution in [2.75, 3.05) is 4.90 Å². The second-order valence-electron chi connectivity index (χ2n) is 7.31. The zero-order valence-corrected chi connectivity index (χ0v) is 18.4. The number of carbonyl (C=O) groups is 2. The molecule has 1 aliphatic rings. The maximum absolute atomic E-state index is 12.9. The molecular formula is C23H15N3O4S2. The summed E-state index contributed by atoms with van der Waals surface area (Å²) in [6, 6.07) is 17.5. The van der Waals surface area contributed by atoms with Crippen molar-refractivity contribution in [3.63, 3.8) is 0 Å². The van der Waals surface area contributed by atoms with Crippen LogP contribution >= 0.6 is 23.1 Å². The molecule has 0 radical (unpaired) electrons. The molecular weight excluding hydrogens is 446 g/mol. The van der Waals surface area contributed by atoms with Crippen LogP contribution in [0.1, 0.15) is 31.8 Å². The molecule has 0 unspecified atom stereocenters. The van der Waals surface area contributed by atoms with Crippen LogP contribution in [0.3, 0.4) is 0 Å². The molecule has 1 aliphatic heterocycles. The highest BCUT2D eigenvalue weighted by atomic mass is 32.2. The van der Waals surface area contributed by atoms with E-state index < -0.39 is 16.7 Å². The Morgan fingerprint density at radius 2 is 1.88 bits per heavy atom. The molecule has 0 bridgehead atoms. The van der Waals surface area contributed by atoms with E-state index >= 15 is 0 Å². The zero-order chi connectivity index (χ0) is 22.4. The molecule has 0 atom stereocenters. The number of imide groups is 1. The van der Waals surface area contributed by atoms with Crippen LogP contribution in [-0.2, 0) is 5.75 Å². The molecule has 0 saturated heterocycles. The summed E-state index contributed by atoms with van der Waals surface area (Å²) in [6.45, 7) is 2.06. The third kappa shape index (κ3) is 3.45. The number of amides is 2. The van der Waals surface area contributed by atoms with E-state index in [2.05, 4.69) is 30.1 Å². The van der Waals surface area contributed by atoms with Gasteiger partial charge in [-0.25, -0.2) is 9.88 Å². The number of fused-ring (bicyclic) bond motifs is 2. The first-order valence-corrected chi connectivity index (χ1v) is 11.5. The lowest BCUT2D eigenvalue weighted by Gasteiger charge is -2.13. The number of aromatic nitrogens is 1. The van der Waals surface area contributed by atoms with Gasteiger partial charge in [0.05, 0.1) is 26.4 Å². The molecule has 0 spiro atoms. The van der Waals surface area contributed by atoms with Gasteiger partial charge < -0.3 is 0 Å². The van der Waals surface area contributed by atoms with Crippen LogP contribution in [0.15, 0.2) is 65.0 Å². The van der Waals surface area contributed by atoms with Crippen molar-refractivity contribution < 1.29 is 14.5 Å². The number of nitro benzene ring substituents is 1. The second kappa shape index (κ2) is 7.85. The van der Waals surface area contributed by atoms with Gasteiger partial charge in [0.15, 0.2) is 4.34 Å². The Hall–Kier alpha value is -3.56. The van der Waals surface area contributed by atoms with E-state index in [4.69, 9.17) is 0 Å². The smallest absolute Gasteiger partial charge is 0.268 e. The molecule has 2 amide bonds. The Bertz CT molecular complexity index is 1430. The van der Waals surface area contributed by atoms with E-state index in [-0.39, 0.29) is 16.8 Å². The van der Waals surface area contributed by atoms with Gasteiger partial charge in [-0.05, 0) is 36.8 Å². The van der Waals surface area contributed by atoms with Crippen molar-refractivity contribution in [1.29, 1.82) is 0 Å². The van der Waals surface area contributed by atoms with Gasteiger partial charge in [0.2, 0.25) is 0 Å². The van der Waals surface area contributed by atoms with E-state index in [1.807, 2.05) is 6.07 Å². The molecule has 0 saturated carbocycles. The van der Waals surface area contributed by atoms with Crippen LogP contribution in [-0.4, -0.2) is 21.7 Å².